The van der Waals surface area contributed by atoms with Crippen molar-refractivity contribution in [2.45, 2.75) is 27.2 Å². The van der Waals surface area contributed by atoms with Crippen molar-refractivity contribution in [3.63, 3.8) is 0 Å². The van der Waals surface area contributed by atoms with Gasteiger partial charge >= 0.3 is 11.9 Å². The molecule has 24 heavy (non-hydrogen) atoms. The Balaban J connectivity index is 0.000000254. The molecule has 130 valence electrons. The first-order chi connectivity index (χ1) is 11.4. The fraction of sp³-hybridized carbons (Fsp3) is 0.353. The number of hydrogen-bond donors (Lipinski definition) is 0. The van der Waals surface area contributed by atoms with Crippen LogP contribution in [-0.4, -0.2) is 31.9 Å². The van der Waals surface area contributed by atoms with Gasteiger partial charge < -0.3 is 9.47 Å². The number of hydrogen-bond acceptors (Lipinski definition) is 7. The first-order valence-corrected chi connectivity index (χ1v) is 9.00. The van der Waals surface area contributed by atoms with Gasteiger partial charge in [0.05, 0.1) is 30.2 Å². The molecule has 0 fully saturated rings. The van der Waals surface area contributed by atoms with E-state index in [4.69, 9.17) is 0 Å². The minimum atomic E-state index is -0.381. The van der Waals surface area contributed by atoms with Crippen LogP contribution >= 0.6 is 22.7 Å². The Bertz CT molecular complexity index is 694. The summed E-state index contributed by atoms with van der Waals surface area (Å²) < 4.78 is 9.14. The second kappa shape index (κ2) is 9.34. The number of ether oxygens (including phenoxy) is 2. The van der Waals surface area contributed by atoms with E-state index in [9.17, 15) is 14.4 Å². The van der Waals surface area contributed by atoms with Gasteiger partial charge in [0.25, 0.3) is 0 Å². The van der Waals surface area contributed by atoms with Crippen molar-refractivity contribution in [3.05, 3.63) is 43.3 Å². The number of ketones is 1. The molecule has 0 aromatic carbocycles. The maximum Gasteiger partial charge on any atom is 0.338 e. The molecule has 0 saturated carbocycles. The molecule has 0 aliphatic heterocycles. The monoisotopic (exact) mass is 368 g/mol. The summed E-state index contributed by atoms with van der Waals surface area (Å²) in [5, 5.41) is 5.39. The largest absolute Gasteiger partial charge is 0.465 e. The van der Waals surface area contributed by atoms with Crippen molar-refractivity contribution in [2.24, 2.45) is 0 Å². The minimum Gasteiger partial charge on any atom is -0.465 e. The summed E-state index contributed by atoms with van der Waals surface area (Å²) >= 11 is 2.81. The van der Waals surface area contributed by atoms with E-state index in [-0.39, 0.29) is 17.7 Å². The van der Waals surface area contributed by atoms with E-state index in [1.807, 2.05) is 12.3 Å². The van der Waals surface area contributed by atoms with Crippen LogP contribution in [0.4, 0.5) is 0 Å². The molecule has 7 heteroatoms. The molecule has 2 rings (SSSR count). The molecular weight excluding hydrogens is 348 g/mol. The summed E-state index contributed by atoms with van der Waals surface area (Å²) in [6.45, 7) is 5.47. The summed E-state index contributed by atoms with van der Waals surface area (Å²) in [6.07, 6.45) is 0.460. The zero-order chi connectivity index (χ0) is 18.3. The SMILES string of the molecule is CCC(=O)c1scc(C(=O)OC)c1C.COC(=O)c1cscc1C. The van der Waals surface area contributed by atoms with Gasteiger partial charge in [-0.2, -0.15) is 11.3 Å². The number of aryl methyl sites for hydroxylation is 1. The minimum absolute atomic E-state index is 0.0719. The van der Waals surface area contributed by atoms with Crippen LogP contribution in [0.5, 0.6) is 0 Å². The highest BCUT2D eigenvalue weighted by atomic mass is 32.1. The van der Waals surface area contributed by atoms with Crippen LogP contribution in [0.2, 0.25) is 0 Å². The van der Waals surface area contributed by atoms with E-state index in [1.54, 1.807) is 24.6 Å². The second-order valence-corrected chi connectivity index (χ2v) is 6.46. The van der Waals surface area contributed by atoms with Crippen LogP contribution < -0.4 is 0 Å². The standard InChI is InChI=1S/C10H12O3S.C7H8O2S/c1-4-8(11)9-6(2)7(5-14-9)10(12)13-3;1-5-3-10-4-6(5)7(8)9-2/h5H,4H2,1-3H3;3-4H,1-2H3. The maximum atomic E-state index is 11.4. The summed E-state index contributed by atoms with van der Waals surface area (Å²) in [4.78, 5) is 34.2. The van der Waals surface area contributed by atoms with Gasteiger partial charge in [-0.15, -0.1) is 11.3 Å². The normalized spacial score (nSPS) is 9.71. The Morgan fingerprint density at radius 1 is 0.958 bits per heavy atom. The zero-order valence-electron chi connectivity index (χ0n) is 14.3. The molecule has 0 saturated heterocycles. The third kappa shape index (κ3) is 4.75. The number of carbonyl (C=O) groups is 3. The summed E-state index contributed by atoms with van der Waals surface area (Å²) in [5.41, 5.74) is 2.88. The lowest BCUT2D eigenvalue weighted by Gasteiger charge is -1.98. The van der Waals surface area contributed by atoms with Crippen molar-refractivity contribution in [1.29, 1.82) is 0 Å². The van der Waals surface area contributed by atoms with Gasteiger partial charge in [0.15, 0.2) is 5.78 Å². The number of methoxy groups -OCH3 is 2. The van der Waals surface area contributed by atoms with Crippen molar-refractivity contribution in [3.8, 4) is 0 Å². The van der Waals surface area contributed by atoms with Gasteiger partial charge in [-0.3, -0.25) is 4.79 Å². The maximum absolute atomic E-state index is 11.4. The predicted octanol–water partition coefficient (Wildman–Crippen LogP) is 4.28. The average Bonchev–Trinajstić information content (AvgIpc) is 3.19. The Morgan fingerprint density at radius 2 is 1.54 bits per heavy atom. The molecule has 0 aliphatic carbocycles. The highest BCUT2D eigenvalue weighted by Gasteiger charge is 2.17. The lowest BCUT2D eigenvalue weighted by atomic mass is 10.1. The van der Waals surface area contributed by atoms with E-state index < -0.39 is 0 Å². The highest BCUT2D eigenvalue weighted by molar-refractivity contribution is 7.12. The van der Waals surface area contributed by atoms with Gasteiger partial charge in [0.1, 0.15) is 0 Å². The van der Waals surface area contributed by atoms with Crippen molar-refractivity contribution in [1.82, 2.24) is 0 Å². The number of thiophene rings is 2. The number of rotatable bonds is 4. The van der Waals surface area contributed by atoms with E-state index in [0.29, 0.717) is 22.4 Å². The molecule has 0 radical (unpaired) electrons. The quantitative estimate of drug-likeness (QED) is 0.595. The van der Waals surface area contributed by atoms with E-state index >= 15 is 0 Å². The third-order valence-electron chi connectivity index (χ3n) is 3.28. The van der Waals surface area contributed by atoms with Crippen LogP contribution in [0.3, 0.4) is 0 Å². The first-order valence-electron chi connectivity index (χ1n) is 7.18. The van der Waals surface area contributed by atoms with Crippen molar-refractivity contribution in [2.75, 3.05) is 14.2 Å². The van der Waals surface area contributed by atoms with Crippen molar-refractivity contribution >= 4 is 40.4 Å². The molecule has 2 aromatic rings. The third-order valence-corrected chi connectivity index (χ3v) is 5.26. The smallest absolute Gasteiger partial charge is 0.338 e. The van der Waals surface area contributed by atoms with Crippen LogP contribution in [0, 0.1) is 13.8 Å². The molecule has 0 spiro atoms. The van der Waals surface area contributed by atoms with Gasteiger partial charge in [0, 0.05) is 17.2 Å². The van der Waals surface area contributed by atoms with Gasteiger partial charge in [-0.05, 0) is 30.4 Å². The first kappa shape index (κ1) is 20.1. The average molecular weight is 368 g/mol. The fourth-order valence-corrected chi connectivity index (χ4v) is 3.73. The molecule has 0 aliphatic rings. The fourth-order valence-electron chi connectivity index (χ4n) is 1.84. The molecule has 0 unspecified atom stereocenters. The lowest BCUT2D eigenvalue weighted by molar-refractivity contribution is 0.0591. The molecule has 0 N–H and O–H groups in total. The molecule has 2 heterocycles. The predicted molar refractivity (Wildman–Crippen MR) is 95.4 cm³/mol. The molecule has 0 bridgehead atoms. The molecule has 0 amide bonds. The van der Waals surface area contributed by atoms with Crippen LogP contribution in [0.1, 0.15) is 54.9 Å². The van der Waals surface area contributed by atoms with Crippen LogP contribution in [0.15, 0.2) is 16.1 Å². The number of carbonyl (C=O) groups excluding carboxylic acids is 3. The summed E-state index contributed by atoms with van der Waals surface area (Å²) in [5.74, 6) is -0.560. The van der Waals surface area contributed by atoms with Crippen LogP contribution in [-0.2, 0) is 9.47 Å². The topological polar surface area (TPSA) is 69.7 Å². The Morgan fingerprint density at radius 3 is 2.00 bits per heavy atom. The highest BCUT2D eigenvalue weighted by Crippen LogP contribution is 2.23. The lowest BCUT2D eigenvalue weighted by Crippen LogP contribution is -2.03. The number of esters is 2. The molecule has 0 atom stereocenters. The second-order valence-electron chi connectivity index (χ2n) is 4.83. The van der Waals surface area contributed by atoms with E-state index in [0.717, 1.165) is 11.1 Å². The van der Waals surface area contributed by atoms with E-state index in [2.05, 4.69) is 9.47 Å². The number of Topliss-reactive ketones (excluding diaryl/α,β-unsaturated/α-hetero) is 1. The van der Waals surface area contributed by atoms with E-state index in [1.165, 1.54) is 36.9 Å². The van der Waals surface area contributed by atoms with Gasteiger partial charge in [-0.1, -0.05) is 6.92 Å². The zero-order valence-corrected chi connectivity index (χ0v) is 15.9. The Labute approximate surface area is 149 Å². The van der Waals surface area contributed by atoms with Gasteiger partial charge in [-0.25, -0.2) is 9.59 Å². The van der Waals surface area contributed by atoms with Crippen molar-refractivity contribution < 1.29 is 23.9 Å². The van der Waals surface area contributed by atoms with Crippen LogP contribution in [0.25, 0.3) is 0 Å². The molecule has 2 aromatic heterocycles. The summed E-state index contributed by atoms with van der Waals surface area (Å²) in [7, 11) is 2.72. The Kier molecular flexibility index (Phi) is 7.81. The Hall–Kier alpha value is -1.99. The molecular formula is C17H20O5S2. The molecule has 5 nitrogen and oxygen atoms in total. The summed E-state index contributed by atoms with van der Waals surface area (Å²) in [6, 6.07) is 0. The van der Waals surface area contributed by atoms with Gasteiger partial charge in [0.2, 0.25) is 0 Å².